The molecule has 2 saturated heterocycles. The summed E-state index contributed by atoms with van der Waals surface area (Å²) in [5.74, 6) is -2.07. The van der Waals surface area contributed by atoms with Gasteiger partial charge in [0.1, 0.15) is 23.4 Å². The van der Waals surface area contributed by atoms with Gasteiger partial charge >= 0.3 is 11.9 Å². The quantitative estimate of drug-likeness (QED) is 0.316. The molecule has 0 radical (unpaired) electrons. The SMILES string of the molecule is COC(=O)C(=O)O[C@@H]1CC[C@]2(CO2)[C@@H]([C@]2(C)O[C@@H]2CC=C(C)C)[C@@H]1OC. The van der Waals surface area contributed by atoms with Crippen LogP contribution in [0.4, 0.5) is 0 Å². The van der Waals surface area contributed by atoms with E-state index in [2.05, 4.69) is 31.6 Å². The molecule has 0 aromatic carbocycles. The van der Waals surface area contributed by atoms with Crippen molar-refractivity contribution in [3.8, 4) is 0 Å². The van der Waals surface area contributed by atoms with E-state index in [4.69, 9.17) is 18.9 Å². The van der Waals surface area contributed by atoms with Gasteiger partial charge in [0.2, 0.25) is 0 Å². The highest BCUT2D eigenvalue weighted by atomic mass is 16.6. The lowest BCUT2D eigenvalue weighted by molar-refractivity contribution is -0.182. The van der Waals surface area contributed by atoms with E-state index >= 15 is 0 Å². The second-order valence-electron chi connectivity index (χ2n) is 7.81. The molecule has 7 nitrogen and oxygen atoms in total. The van der Waals surface area contributed by atoms with E-state index in [-0.39, 0.29) is 17.6 Å². The van der Waals surface area contributed by atoms with Crippen molar-refractivity contribution < 1.29 is 33.3 Å². The maximum absolute atomic E-state index is 11.9. The maximum atomic E-state index is 11.9. The zero-order valence-electron chi connectivity index (χ0n) is 16.1. The number of allylic oxidation sites excluding steroid dienone is 1. The highest BCUT2D eigenvalue weighted by molar-refractivity contribution is 6.29. The van der Waals surface area contributed by atoms with Crippen molar-refractivity contribution in [1.82, 2.24) is 0 Å². The lowest BCUT2D eigenvalue weighted by Gasteiger charge is -2.42. The van der Waals surface area contributed by atoms with Crippen molar-refractivity contribution in [2.24, 2.45) is 5.92 Å². The number of carbonyl (C=O) groups excluding carboxylic acids is 2. The number of esters is 2. The summed E-state index contributed by atoms with van der Waals surface area (Å²) < 4.78 is 27.5. The Kier molecular flexibility index (Phi) is 5.16. The predicted molar refractivity (Wildman–Crippen MR) is 91.4 cm³/mol. The Hall–Kier alpha value is -1.44. The van der Waals surface area contributed by atoms with Gasteiger partial charge in [-0.15, -0.1) is 0 Å². The van der Waals surface area contributed by atoms with Crippen LogP contribution >= 0.6 is 0 Å². The van der Waals surface area contributed by atoms with Crippen LogP contribution < -0.4 is 0 Å². The van der Waals surface area contributed by atoms with Crippen LogP contribution in [0, 0.1) is 5.92 Å². The third kappa shape index (κ3) is 3.40. The molecule has 0 N–H and O–H groups in total. The third-order valence-electron chi connectivity index (χ3n) is 5.85. The molecule has 0 unspecified atom stereocenters. The average molecular weight is 368 g/mol. The second kappa shape index (κ2) is 6.94. The van der Waals surface area contributed by atoms with E-state index in [0.29, 0.717) is 13.0 Å². The number of hydrogen-bond acceptors (Lipinski definition) is 7. The minimum absolute atomic E-state index is 0.0697. The second-order valence-corrected chi connectivity index (χ2v) is 7.81. The molecule has 6 atom stereocenters. The highest BCUT2D eigenvalue weighted by Gasteiger charge is 2.72. The summed E-state index contributed by atoms with van der Waals surface area (Å²) in [6, 6.07) is 0. The Morgan fingerprint density at radius 2 is 1.92 bits per heavy atom. The van der Waals surface area contributed by atoms with Gasteiger partial charge in [0.15, 0.2) is 0 Å². The molecule has 0 aromatic heterocycles. The molecule has 7 heteroatoms. The summed E-state index contributed by atoms with van der Waals surface area (Å²) in [7, 11) is 2.75. The van der Waals surface area contributed by atoms with E-state index in [1.165, 1.54) is 5.57 Å². The zero-order chi connectivity index (χ0) is 19.1. The van der Waals surface area contributed by atoms with Crippen LogP contribution in [0.5, 0.6) is 0 Å². The molecule has 3 aliphatic rings. The average Bonchev–Trinajstić information content (AvgIpc) is 3.51. The highest BCUT2D eigenvalue weighted by Crippen LogP contribution is 2.59. The van der Waals surface area contributed by atoms with Crippen molar-refractivity contribution >= 4 is 11.9 Å². The van der Waals surface area contributed by atoms with Gasteiger partial charge in [-0.1, -0.05) is 11.6 Å². The number of ether oxygens (including phenoxy) is 5. The fourth-order valence-electron chi connectivity index (χ4n) is 4.34. The molecular weight excluding hydrogens is 340 g/mol. The van der Waals surface area contributed by atoms with Gasteiger partial charge in [-0.2, -0.15) is 0 Å². The first-order valence-corrected chi connectivity index (χ1v) is 9.04. The van der Waals surface area contributed by atoms with Crippen molar-refractivity contribution in [2.75, 3.05) is 20.8 Å². The van der Waals surface area contributed by atoms with Crippen molar-refractivity contribution in [2.45, 2.75) is 69.5 Å². The minimum atomic E-state index is -1.00. The van der Waals surface area contributed by atoms with E-state index in [1.807, 2.05) is 0 Å². The summed E-state index contributed by atoms with van der Waals surface area (Å²) in [6.07, 6.45) is 3.45. The molecule has 0 amide bonds. The monoisotopic (exact) mass is 368 g/mol. The number of carbonyl (C=O) groups is 2. The van der Waals surface area contributed by atoms with Crippen LogP contribution in [0.3, 0.4) is 0 Å². The number of hydrogen-bond donors (Lipinski definition) is 0. The number of rotatable bonds is 5. The zero-order valence-corrected chi connectivity index (χ0v) is 16.1. The Labute approximate surface area is 153 Å². The Balaban J connectivity index is 1.77. The van der Waals surface area contributed by atoms with Gasteiger partial charge in [-0.05, 0) is 40.0 Å². The van der Waals surface area contributed by atoms with Gasteiger partial charge in [-0.25, -0.2) is 9.59 Å². The first-order valence-electron chi connectivity index (χ1n) is 9.04. The summed E-state index contributed by atoms with van der Waals surface area (Å²) >= 11 is 0. The largest absolute Gasteiger partial charge is 0.461 e. The van der Waals surface area contributed by atoms with Crippen molar-refractivity contribution in [3.63, 3.8) is 0 Å². The number of epoxide rings is 2. The fourth-order valence-corrected chi connectivity index (χ4v) is 4.34. The van der Waals surface area contributed by atoms with E-state index in [1.54, 1.807) is 7.11 Å². The van der Waals surface area contributed by atoms with Crippen LogP contribution in [-0.2, 0) is 33.3 Å². The van der Waals surface area contributed by atoms with E-state index in [9.17, 15) is 9.59 Å². The molecule has 3 rings (SSSR count). The standard InChI is InChI=1S/C19H28O7/c1-11(2)6-7-13-18(3,26-13)15-14(22-4)12(8-9-19(15)10-24-19)25-17(21)16(20)23-5/h6,12-15H,7-10H2,1-5H3/t12-,13-,14-,15-,18-,19+/m1/s1. The third-order valence-corrected chi connectivity index (χ3v) is 5.85. The molecule has 0 aromatic rings. The molecule has 1 spiro atoms. The summed E-state index contributed by atoms with van der Waals surface area (Å²) in [4.78, 5) is 23.3. The van der Waals surface area contributed by atoms with E-state index < -0.39 is 29.7 Å². The topological polar surface area (TPSA) is 86.9 Å². The molecule has 2 heterocycles. The lowest BCUT2D eigenvalue weighted by Crippen LogP contribution is -2.56. The maximum Gasteiger partial charge on any atom is 0.417 e. The molecule has 1 aliphatic carbocycles. The molecular formula is C19H28O7. The first kappa shape index (κ1) is 19.3. The summed E-state index contributed by atoms with van der Waals surface area (Å²) in [5.41, 5.74) is 0.556. The summed E-state index contributed by atoms with van der Waals surface area (Å²) in [5, 5.41) is 0. The van der Waals surface area contributed by atoms with Gasteiger partial charge in [0, 0.05) is 7.11 Å². The molecule has 1 saturated carbocycles. The Morgan fingerprint density at radius 3 is 2.46 bits per heavy atom. The van der Waals surface area contributed by atoms with Crippen LogP contribution in [0.15, 0.2) is 11.6 Å². The predicted octanol–water partition coefficient (Wildman–Crippen LogP) is 1.78. The van der Waals surface area contributed by atoms with Crippen LogP contribution in [0.2, 0.25) is 0 Å². The van der Waals surface area contributed by atoms with E-state index in [0.717, 1.165) is 20.0 Å². The Bertz CT molecular complexity index is 605. The first-order chi connectivity index (χ1) is 12.3. The molecule has 0 bridgehead atoms. The van der Waals surface area contributed by atoms with Gasteiger partial charge in [-0.3, -0.25) is 0 Å². The fraction of sp³-hybridized carbons (Fsp3) is 0.789. The molecule has 2 aliphatic heterocycles. The van der Waals surface area contributed by atoms with Crippen LogP contribution in [0.1, 0.15) is 40.0 Å². The van der Waals surface area contributed by atoms with Crippen molar-refractivity contribution in [1.29, 1.82) is 0 Å². The molecule has 26 heavy (non-hydrogen) atoms. The van der Waals surface area contributed by atoms with Gasteiger partial charge in [0.05, 0.1) is 25.7 Å². The number of methoxy groups -OCH3 is 2. The van der Waals surface area contributed by atoms with Gasteiger partial charge < -0.3 is 23.7 Å². The smallest absolute Gasteiger partial charge is 0.417 e. The van der Waals surface area contributed by atoms with Crippen molar-refractivity contribution in [3.05, 3.63) is 11.6 Å². The minimum Gasteiger partial charge on any atom is -0.461 e. The lowest BCUT2D eigenvalue weighted by atomic mass is 9.68. The Morgan fingerprint density at radius 1 is 1.23 bits per heavy atom. The molecule has 3 fully saturated rings. The summed E-state index contributed by atoms with van der Waals surface area (Å²) in [6.45, 7) is 6.85. The van der Waals surface area contributed by atoms with Gasteiger partial charge in [0.25, 0.3) is 0 Å². The normalized spacial score (nSPS) is 40.7. The van der Waals surface area contributed by atoms with Crippen LogP contribution in [0.25, 0.3) is 0 Å². The molecule has 146 valence electrons. The van der Waals surface area contributed by atoms with Crippen LogP contribution in [-0.4, -0.2) is 62.3 Å².